The lowest BCUT2D eigenvalue weighted by Gasteiger charge is -2.10. The van der Waals surface area contributed by atoms with E-state index in [-0.39, 0.29) is 10.5 Å². The van der Waals surface area contributed by atoms with Crippen LogP contribution < -0.4 is 0 Å². The average molecular weight is 376 g/mol. The maximum atomic E-state index is 11.7. The lowest BCUT2D eigenvalue weighted by molar-refractivity contribution is 0.0697. The van der Waals surface area contributed by atoms with E-state index in [1.54, 1.807) is 24.3 Å². The second-order valence-electron chi connectivity index (χ2n) is 5.95. The lowest BCUT2D eigenvalue weighted by atomic mass is 9.94. The Labute approximate surface area is 158 Å². The van der Waals surface area contributed by atoms with Crippen molar-refractivity contribution in [1.82, 2.24) is 0 Å². The molecule has 0 heterocycles. The van der Waals surface area contributed by atoms with E-state index in [0.717, 1.165) is 11.8 Å². The summed E-state index contributed by atoms with van der Waals surface area (Å²) in [5.41, 5.74) is 2.55. The zero-order valence-electron chi connectivity index (χ0n) is 14.5. The van der Waals surface area contributed by atoms with E-state index >= 15 is 0 Å². The molecule has 134 valence electrons. The molecule has 1 N–H and O–H groups in total. The third kappa shape index (κ3) is 4.25. The van der Waals surface area contributed by atoms with Crippen molar-refractivity contribution in [2.75, 3.05) is 6.26 Å². The molecule has 0 aliphatic rings. The normalized spacial score (nSPS) is 10.7. The molecule has 0 spiro atoms. The first-order valence-corrected chi connectivity index (χ1v) is 9.99. The third-order valence-electron chi connectivity index (χ3n) is 3.98. The lowest BCUT2D eigenvalue weighted by Crippen LogP contribution is -2.02. The van der Waals surface area contributed by atoms with Crippen molar-refractivity contribution in [2.45, 2.75) is 4.90 Å². The zero-order valence-corrected chi connectivity index (χ0v) is 15.3. The summed E-state index contributed by atoms with van der Waals surface area (Å²) in [5.74, 6) is 5.00. The molecule has 27 heavy (non-hydrogen) atoms. The summed E-state index contributed by atoms with van der Waals surface area (Å²) >= 11 is 0. The van der Waals surface area contributed by atoms with Gasteiger partial charge in [0.15, 0.2) is 9.84 Å². The minimum Gasteiger partial charge on any atom is -0.478 e. The van der Waals surface area contributed by atoms with Crippen LogP contribution in [0.5, 0.6) is 0 Å². The zero-order chi connectivity index (χ0) is 19.4. The summed E-state index contributed by atoms with van der Waals surface area (Å²) in [7, 11) is -3.33. The van der Waals surface area contributed by atoms with Crippen LogP contribution in [0, 0.1) is 11.8 Å². The molecule has 3 aromatic carbocycles. The van der Waals surface area contributed by atoms with E-state index in [1.807, 2.05) is 30.3 Å². The van der Waals surface area contributed by atoms with Crippen molar-refractivity contribution in [3.63, 3.8) is 0 Å². The van der Waals surface area contributed by atoms with Crippen molar-refractivity contribution < 1.29 is 18.3 Å². The smallest absolute Gasteiger partial charge is 0.336 e. The van der Waals surface area contributed by atoms with Gasteiger partial charge in [-0.25, -0.2) is 13.2 Å². The average Bonchev–Trinajstić information content (AvgIpc) is 2.66. The summed E-state index contributed by atoms with van der Waals surface area (Å²) in [6.45, 7) is 0. The Hall–Kier alpha value is -3.36. The molecule has 0 amide bonds. The number of benzene rings is 3. The summed E-state index contributed by atoms with van der Waals surface area (Å²) in [5, 5.41) is 9.58. The number of carboxylic acid groups (broad SMARTS) is 1. The van der Waals surface area contributed by atoms with Crippen molar-refractivity contribution in [1.29, 1.82) is 0 Å². The van der Waals surface area contributed by atoms with E-state index in [4.69, 9.17) is 0 Å². The van der Waals surface area contributed by atoms with Gasteiger partial charge in [-0.05, 0) is 42.0 Å². The fourth-order valence-corrected chi connectivity index (χ4v) is 3.31. The Balaban J connectivity index is 2.16. The Morgan fingerprint density at radius 3 is 2.11 bits per heavy atom. The molecule has 0 unspecified atom stereocenters. The maximum Gasteiger partial charge on any atom is 0.336 e. The Morgan fingerprint density at radius 2 is 1.52 bits per heavy atom. The van der Waals surface area contributed by atoms with Crippen molar-refractivity contribution in [3.05, 3.63) is 89.5 Å². The van der Waals surface area contributed by atoms with Gasteiger partial charge in [-0.1, -0.05) is 48.2 Å². The SMILES string of the molecule is CS(=O)(=O)c1ccc(-c2c(C#Cc3ccccc3)cccc2C(=O)O)cc1. The van der Waals surface area contributed by atoms with Gasteiger partial charge in [-0.2, -0.15) is 0 Å². The summed E-state index contributed by atoms with van der Waals surface area (Å²) < 4.78 is 23.3. The first-order chi connectivity index (χ1) is 12.9. The quantitative estimate of drug-likeness (QED) is 0.705. The number of carboxylic acids is 1. The van der Waals surface area contributed by atoms with E-state index in [1.165, 1.54) is 18.2 Å². The summed E-state index contributed by atoms with van der Waals surface area (Å²) in [6.07, 6.45) is 1.13. The Morgan fingerprint density at radius 1 is 0.852 bits per heavy atom. The molecular formula is C22H16O4S. The van der Waals surface area contributed by atoms with Crippen LogP contribution in [0.1, 0.15) is 21.5 Å². The number of carbonyl (C=O) groups is 1. The van der Waals surface area contributed by atoms with Crippen LogP contribution in [0.3, 0.4) is 0 Å². The molecule has 4 nitrogen and oxygen atoms in total. The molecular weight excluding hydrogens is 360 g/mol. The van der Waals surface area contributed by atoms with Crippen LogP contribution in [0.15, 0.2) is 77.7 Å². The van der Waals surface area contributed by atoms with Crippen LogP contribution in [-0.4, -0.2) is 25.7 Å². The highest BCUT2D eigenvalue weighted by molar-refractivity contribution is 7.90. The molecule has 0 aliphatic heterocycles. The highest BCUT2D eigenvalue weighted by Crippen LogP contribution is 2.29. The van der Waals surface area contributed by atoms with Gasteiger partial charge in [-0.15, -0.1) is 0 Å². The summed E-state index contributed by atoms with van der Waals surface area (Å²) in [4.78, 5) is 11.9. The molecule has 0 radical (unpaired) electrons. The molecule has 0 saturated carbocycles. The van der Waals surface area contributed by atoms with E-state index < -0.39 is 15.8 Å². The predicted octanol–water partition coefficient (Wildman–Crippen LogP) is 3.86. The molecule has 0 saturated heterocycles. The highest BCUT2D eigenvalue weighted by Gasteiger charge is 2.16. The molecule has 0 aliphatic carbocycles. The Kier molecular flexibility index (Phi) is 5.11. The first kappa shape index (κ1) is 18.4. The number of sulfone groups is 1. The fourth-order valence-electron chi connectivity index (χ4n) is 2.68. The molecule has 3 rings (SSSR count). The minimum atomic E-state index is -3.33. The van der Waals surface area contributed by atoms with E-state index in [2.05, 4.69) is 11.8 Å². The highest BCUT2D eigenvalue weighted by atomic mass is 32.2. The Bertz CT molecular complexity index is 1150. The van der Waals surface area contributed by atoms with Crippen LogP contribution in [0.4, 0.5) is 0 Å². The molecule has 0 aromatic heterocycles. The van der Waals surface area contributed by atoms with Gasteiger partial charge >= 0.3 is 5.97 Å². The number of aromatic carboxylic acids is 1. The maximum absolute atomic E-state index is 11.7. The predicted molar refractivity (Wildman–Crippen MR) is 104 cm³/mol. The van der Waals surface area contributed by atoms with E-state index in [9.17, 15) is 18.3 Å². The third-order valence-corrected chi connectivity index (χ3v) is 5.11. The van der Waals surface area contributed by atoms with Gasteiger partial charge in [0.25, 0.3) is 0 Å². The molecule has 0 fully saturated rings. The van der Waals surface area contributed by atoms with Crippen LogP contribution in [-0.2, 0) is 9.84 Å². The van der Waals surface area contributed by atoms with Gasteiger partial charge in [-0.3, -0.25) is 0 Å². The monoisotopic (exact) mass is 376 g/mol. The molecule has 0 bridgehead atoms. The largest absolute Gasteiger partial charge is 0.478 e. The first-order valence-electron chi connectivity index (χ1n) is 8.10. The van der Waals surface area contributed by atoms with Gasteiger partial charge < -0.3 is 5.11 Å². The standard InChI is InChI=1S/C22H16O4S/c1-27(25,26)19-14-12-18(13-15-19)21-17(8-5-9-20(21)22(23)24)11-10-16-6-3-2-4-7-16/h2-9,12-15H,1H3,(H,23,24). The van der Waals surface area contributed by atoms with Crippen molar-refractivity contribution in [3.8, 4) is 23.0 Å². The van der Waals surface area contributed by atoms with E-state index in [0.29, 0.717) is 16.7 Å². The van der Waals surface area contributed by atoms with Crippen LogP contribution in [0.2, 0.25) is 0 Å². The van der Waals surface area contributed by atoms with Crippen LogP contribution >= 0.6 is 0 Å². The topological polar surface area (TPSA) is 71.4 Å². The molecule has 5 heteroatoms. The molecule has 0 atom stereocenters. The number of hydrogen-bond acceptors (Lipinski definition) is 3. The fraction of sp³-hybridized carbons (Fsp3) is 0.0455. The van der Waals surface area contributed by atoms with Gasteiger partial charge in [0.05, 0.1) is 10.5 Å². The number of hydrogen-bond donors (Lipinski definition) is 1. The summed E-state index contributed by atoms with van der Waals surface area (Å²) in [6, 6.07) is 20.4. The van der Waals surface area contributed by atoms with Gasteiger partial charge in [0, 0.05) is 22.9 Å². The van der Waals surface area contributed by atoms with Crippen molar-refractivity contribution in [2.24, 2.45) is 0 Å². The van der Waals surface area contributed by atoms with Crippen LogP contribution in [0.25, 0.3) is 11.1 Å². The number of rotatable bonds is 3. The van der Waals surface area contributed by atoms with Gasteiger partial charge in [0.1, 0.15) is 0 Å². The van der Waals surface area contributed by atoms with Gasteiger partial charge in [0.2, 0.25) is 0 Å². The second kappa shape index (κ2) is 7.48. The molecule has 3 aromatic rings. The minimum absolute atomic E-state index is 0.113. The van der Waals surface area contributed by atoms with Crippen molar-refractivity contribution >= 4 is 15.8 Å². The second-order valence-corrected chi connectivity index (χ2v) is 7.96.